The van der Waals surface area contributed by atoms with Gasteiger partial charge < -0.3 is 0 Å². The van der Waals surface area contributed by atoms with E-state index in [1.807, 2.05) is 6.07 Å². The maximum atomic E-state index is 12.3. The van der Waals surface area contributed by atoms with Crippen LogP contribution in [0.3, 0.4) is 0 Å². The number of pyridine rings is 1. The van der Waals surface area contributed by atoms with Crippen LogP contribution in [-0.4, -0.2) is 10.8 Å². The summed E-state index contributed by atoms with van der Waals surface area (Å²) < 4.78 is 0. The van der Waals surface area contributed by atoms with Gasteiger partial charge in [-0.15, -0.1) is 0 Å². The van der Waals surface area contributed by atoms with Crippen molar-refractivity contribution < 1.29 is 4.79 Å². The third-order valence-electron chi connectivity index (χ3n) is 2.63. The molecule has 1 atom stereocenters. The van der Waals surface area contributed by atoms with Crippen LogP contribution in [0.5, 0.6) is 0 Å². The van der Waals surface area contributed by atoms with Crippen LogP contribution >= 0.6 is 23.2 Å². The van der Waals surface area contributed by atoms with Crippen LogP contribution in [0.15, 0.2) is 42.7 Å². The molecule has 2 rings (SSSR count). The first-order chi connectivity index (χ1) is 9.13. The standard InChI is InChI=1S/C14H8Cl2N2O/c15-10-1-2-11(13(16)7-10)12(8-17)14(19)9-3-5-18-6-4-9/h1-7,12H. The van der Waals surface area contributed by atoms with Gasteiger partial charge in [-0.05, 0) is 29.8 Å². The summed E-state index contributed by atoms with van der Waals surface area (Å²) in [5.41, 5.74) is 0.878. The number of benzene rings is 1. The summed E-state index contributed by atoms with van der Waals surface area (Å²) in [6.07, 6.45) is 3.01. The van der Waals surface area contributed by atoms with E-state index < -0.39 is 5.92 Å². The summed E-state index contributed by atoms with van der Waals surface area (Å²) in [4.78, 5) is 16.1. The van der Waals surface area contributed by atoms with Crippen LogP contribution in [0.2, 0.25) is 10.0 Å². The fraction of sp³-hybridized carbons (Fsp3) is 0.0714. The lowest BCUT2D eigenvalue weighted by molar-refractivity contribution is 0.0979. The summed E-state index contributed by atoms with van der Waals surface area (Å²) in [6.45, 7) is 0. The molecule has 0 aliphatic rings. The maximum absolute atomic E-state index is 12.3. The number of nitriles is 1. The fourth-order valence-electron chi connectivity index (χ4n) is 1.69. The molecule has 0 aliphatic carbocycles. The Labute approximate surface area is 120 Å². The summed E-state index contributed by atoms with van der Waals surface area (Å²) in [5.74, 6) is -1.26. The number of hydrogen-bond acceptors (Lipinski definition) is 3. The van der Waals surface area contributed by atoms with Gasteiger partial charge >= 0.3 is 0 Å². The van der Waals surface area contributed by atoms with Crippen LogP contribution < -0.4 is 0 Å². The number of nitrogens with zero attached hydrogens (tertiary/aromatic N) is 2. The minimum absolute atomic E-state index is 0.307. The molecule has 1 aromatic carbocycles. The number of ketones is 1. The second-order valence-corrected chi connectivity index (χ2v) is 4.67. The Bertz CT molecular complexity index is 650. The van der Waals surface area contributed by atoms with Gasteiger partial charge in [-0.2, -0.15) is 5.26 Å². The van der Waals surface area contributed by atoms with Crippen molar-refractivity contribution in [2.45, 2.75) is 5.92 Å². The van der Waals surface area contributed by atoms with Crippen molar-refractivity contribution in [1.82, 2.24) is 4.98 Å². The van der Waals surface area contributed by atoms with Crippen LogP contribution in [0, 0.1) is 11.3 Å². The Hall–Kier alpha value is -1.89. The molecule has 0 saturated heterocycles. The van der Waals surface area contributed by atoms with Gasteiger partial charge in [-0.3, -0.25) is 9.78 Å². The average Bonchev–Trinajstić information content (AvgIpc) is 2.42. The summed E-state index contributed by atoms with van der Waals surface area (Å²) in [6, 6.07) is 9.83. The topological polar surface area (TPSA) is 53.8 Å². The molecule has 0 radical (unpaired) electrons. The molecule has 1 unspecified atom stereocenters. The van der Waals surface area contributed by atoms with E-state index in [9.17, 15) is 10.1 Å². The van der Waals surface area contributed by atoms with Crippen LogP contribution in [0.25, 0.3) is 0 Å². The van der Waals surface area contributed by atoms with Crippen molar-refractivity contribution in [3.05, 3.63) is 63.9 Å². The Balaban J connectivity index is 2.41. The van der Waals surface area contributed by atoms with Crippen molar-refractivity contribution in [2.75, 3.05) is 0 Å². The number of aromatic nitrogens is 1. The normalized spacial score (nSPS) is 11.6. The first-order valence-electron chi connectivity index (χ1n) is 5.42. The first kappa shape index (κ1) is 13.5. The summed E-state index contributed by atoms with van der Waals surface area (Å²) >= 11 is 11.8. The molecule has 0 amide bonds. The van der Waals surface area contributed by atoms with Crippen LogP contribution in [0.4, 0.5) is 0 Å². The Morgan fingerprint density at radius 1 is 1.21 bits per heavy atom. The zero-order valence-corrected chi connectivity index (χ0v) is 11.2. The molecule has 5 heteroatoms. The first-order valence-corrected chi connectivity index (χ1v) is 6.18. The van der Waals surface area contributed by atoms with Gasteiger partial charge in [0.25, 0.3) is 0 Å². The summed E-state index contributed by atoms with van der Waals surface area (Å²) in [5, 5.41) is 9.99. The number of halogens is 2. The highest BCUT2D eigenvalue weighted by Gasteiger charge is 2.23. The molecule has 0 fully saturated rings. The molecule has 0 aliphatic heterocycles. The molecule has 0 bridgehead atoms. The lowest BCUT2D eigenvalue weighted by Gasteiger charge is -2.10. The molecule has 0 N–H and O–H groups in total. The molecule has 94 valence electrons. The lowest BCUT2D eigenvalue weighted by atomic mass is 9.92. The zero-order chi connectivity index (χ0) is 13.8. The average molecular weight is 291 g/mol. The zero-order valence-electron chi connectivity index (χ0n) is 9.68. The third-order valence-corrected chi connectivity index (χ3v) is 3.19. The predicted octanol–water partition coefficient (Wildman–Crippen LogP) is 3.88. The Kier molecular flexibility index (Phi) is 4.16. The Morgan fingerprint density at radius 3 is 2.47 bits per heavy atom. The second-order valence-electron chi connectivity index (χ2n) is 3.83. The van der Waals surface area contributed by atoms with E-state index in [-0.39, 0.29) is 5.78 Å². The van der Waals surface area contributed by atoms with Crippen LogP contribution in [-0.2, 0) is 0 Å². The highest BCUT2D eigenvalue weighted by molar-refractivity contribution is 6.35. The molecule has 3 nitrogen and oxygen atoms in total. The fourth-order valence-corrected chi connectivity index (χ4v) is 2.21. The van der Waals surface area contributed by atoms with E-state index >= 15 is 0 Å². The van der Waals surface area contributed by atoms with Crippen molar-refractivity contribution >= 4 is 29.0 Å². The molecule has 1 aromatic heterocycles. The number of hydrogen-bond donors (Lipinski definition) is 0. The van der Waals surface area contributed by atoms with E-state index in [1.54, 1.807) is 24.3 Å². The minimum Gasteiger partial charge on any atom is -0.292 e. The highest BCUT2D eigenvalue weighted by Crippen LogP contribution is 2.29. The molecule has 0 saturated carbocycles. The quantitative estimate of drug-likeness (QED) is 0.806. The van der Waals surface area contributed by atoms with Gasteiger partial charge in [0.05, 0.1) is 6.07 Å². The van der Waals surface area contributed by atoms with Gasteiger partial charge in [0.15, 0.2) is 5.78 Å². The van der Waals surface area contributed by atoms with E-state index in [4.69, 9.17) is 23.2 Å². The smallest absolute Gasteiger partial charge is 0.184 e. The maximum Gasteiger partial charge on any atom is 0.184 e. The molecule has 19 heavy (non-hydrogen) atoms. The van der Waals surface area contributed by atoms with Crippen molar-refractivity contribution in [3.63, 3.8) is 0 Å². The monoisotopic (exact) mass is 290 g/mol. The van der Waals surface area contributed by atoms with E-state index in [1.165, 1.54) is 18.5 Å². The minimum atomic E-state index is -0.952. The SMILES string of the molecule is N#CC(C(=O)c1ccncc1)c1ccc(Cl)cc1Cl. The van der Waals surface area contributed by atoms with Gasteiger partial charge in [0.2, 0.25) is 0 Å². The van der Waals surface area contributed by atoms with Gasteiger partial charge in [0.1, 0.15) is 5.92 Å². The lowest BCUT2D eigenvalue weighted by Crippen LogP contribution is -2.11. The van der Waals surface area contributed by atoms with Crippen LogP contribution in [0.1, 0.15) is 21.8 Å². The Morgan fingerprint density at radius 2 is 1.89 bits per heavy atom. The largest absolute Gasteiger partial charge is 0.292 e. The summed E-state index contributed by atoms with van der Waals surface area (Å²) in [7, 11) is 0. The van der Waals surface area contributed by atoms with Gasteiger partial charge in [0, 0.05) is 28.0 Å². The van der Waals surface area contributed by atoms with Crippen molar-refractivity contribution in [3.8, 4) is 6.07 Å². The molecular formula is C14H8Cl2N2O. The van der Waals surface area contributed by atoms with E-state index in [0.29, 0.717) is 21.2 Å². The van der Waals surface area contributed by atoms with Gasteiger partial charge in [-0.25, -0.2) is 0 Å². The second kappa shape index (κ2) is 5.83. The van der Waals surface area contributed by atoms with Gasteiger partial charge in [-0.1, -0.05) is 29.3 Å². The molecule has 2 aromatic rings. The molecule has 1 heterocycles. The van der Waals surface area contributed by atoms with E-state index in [2.05, 4.69) is 4.98 Å². The number of carbonyl (C=O) groups excluding carboxylic acids is 1. The third kappa shape index (κ3) is 2.93. The number of rotatable bonds is 3. The molecular weight excluding hydrogens is 283 g/mol. The highest BCUT2D eigenvalue weighted by atomic mass is 35.5. The molecule has 0 spiro atoms. The predicted molar refractivity (Wildman–Crippen MR) is 73.4 cm³/mol. The number of carbonyl (C=O) groups is 1. The van der Waals surface area contributed by atoms with E-state index in [0.717, 1.165) is 0 Å². The van der Waals surface area contributed by atoms with Crippen molar-refractivity contribution in [1.29, 1.82) is 5.26 Å². The number of Topliss-reactive ketones (excluding diaryl/α,β-unsaturated/α-hetero) is 1. The van der Waals surface area contributed by atoms with Crippen molar-refractivity contribution in [2.24, 2.45) is 0 Å².